The van der Waals surface area contributed by atoms with Crippen LogP contribution in [0.1, 0.15) is 19.3 Å². The summed E-state index contributed by atoms with van der Waals surface area (Å²) in [5, 5.41) is 0.477. The number of amides is 2. The Morgan fingerprint density at radius 3 is 2.80 bits per heavy atom. The van der Waals surface area contributed by atoms with Crippen LogP contribution in [0.3, 0.4) is 0 Å². The Morgan fingerprint density at radius 1 is 1.25 bits per heavy atom. The van der Waals surface area contributed by atoms with Crippen molar-refractivity contribution in [3.8, 4) is 0 Å². The van der Waals surface area contributed by atoms with E-state index in [-0.39, 0.29) is 24.4 Å². The van der Waals surface area contributed by atoms with Gasteiger partial charge in [0.15, 0.2) is 0 Å². The number of rotatable bonds is 1. The van der Waals surface area contributed by atoms with Crippen LogP contribution in [0.5, 0.6) is 0 Å². The second-order valence-corrected chi connectivity index (χ2v) is 6.44. The minimum Gasteiger partial charge on any atom is -0.329 e. The van der Waals surface area contributed by atoms with E-state index in [9.17, 15) is 9.59 Å². The zero-order chi connectivity index (χ0) is 14.3. The number of carbonyl (C=O) groups excluding carboxylic acids is 2. The zero-order valence-electron chi connectivity index (χ0n) is 10.8. The molecular formula is C14H14BrClN2O2. The lowest BCUT2D eigenvalue weighted by molar-refractivity contribution is -0.144. The van der Waals surface area contributed by atoms with Gasteiger partial charge in [-0.2, -0.15) is 0 Å². The molecule has 2 aliphatic rings. The molecule has 2 aliphatic heterocycles. The van der Waals surface area contributed by atoms with Crippen LogP contribution in [-0.4, -0.2) is 35.8 Å². The molecule has 3 rings (SSSR count). The van der Waals surface area contributed by atoms with Crippen molar-refractivity contribution in [2.75, 3.05) is 18.0 Å². The van der Waals surface area contributed by atoms with E-state index < -0.39 is 0 Å². The first kappa shape index (κ1) is 13.9. The highest BCUT2D eigenvalue weighted by Gasteiger charge is 2.41. The number of hydrogen-bond acceptors (Lipinski definition) is 2. The molecule has 1 atom stereocenters. The van der Waals surface area contributed by atoms with Crippen LogP contribution in [0.4, 0.5) is 5.69 Å². The van der Waals surface area contributed by atoms with Gasteiger partial charge in [0, 0.05) is 11.0 Å². The predicted octanol–water partition coefficient (Wildman–Crippen LogP) is 2.83. The third-order valence-electron chi connectivity index (χ3n) is 3.87. The second-order valence-electron chi connectivity index (χ2n) is 5.12. The Hall–Kier alpha value is -1.07. The molecule has 6 heteroatoms. The van der Waals surface area contributed by atoms with Crippen molar-refractivity contribution < 1.29 is 9.59 Å². The minimum absolute atomic E-state index is 0.00767. The lowest BCUT2D eigenvalue weighted by Crippen LogP contribution is -2.61. The molecule has 1 aromatic carbocycles. The lowest BCUT2D eigenvalue weighted by atomic mass is 9.98. The van der Waals surface area contributed by atoms with Crippen molar-refractivity contribution >= 4 is 45.0 Å². The molecule has 2 saturated heterocycles. The van der Waals surface area contributed by atoms with Gasteiger partial charge in [0.25, 0.3) is 0 Å². The SMILES string of the molecule is O=C1C2CCCCN2C(=O)CN1c1ccc(Br)cc1Cl. The minimum atomic E-state index is -0.315. The van der Waals surface area contributed by atoms with Gasteiger partial charge in [0.2, 0.25) is 11.8 Å². The average molecular weight is 358 g/mol. The first-order valence-corrected chi connectivity index (χ1v) is 7.81. The van der Waals surface area contributed by atoms with E-state index in [0.29, 0.717) is 17.3 Å². The molecule has 0 spiro atoms. The summed E-state index contributed by atoms with van der Waals surface area (Å²) in [4.78, 5) is 28.1. The quantitative estimate of drug-likeness (QED) is 0.775. The fraction of sp³-hybridized carbons (Fsp3) is 0.429. The zero-order valence-corrected chi connectivity index (χ0v) is 13.2. The lowest BCUT2D eigenvalue weighted by Gasteiger charge is -2.42. The van der Waals surface area contributed by atoms with E-state index in [2.05, 4.69) is 15.9 Å². The van der Waals surface area contributed by atoms with Gasteiger partial charge in [0.05, 0.1) is 10.7 Å². The fourth-order valence-electron chi connectivity index (χ4n) is 2.87. The number of anilines is 1. The van der Waals surface area contributed by atoms with Gasteiger partial charge in [0.1, 0.15) is 12.6 Å². The third kappa shape index (κ3) is 2.33. The number of piperazine rings is 1. The summed E-state index contributed by atoms with van der Waals surface area (Å²) in [5.41, 5.74) is 0.610. The average Bonchev–Trinajstić information content (AvgIpc) is 2.43. The molecule has 1 unspecified atom stereocenters. The molecule has 0 radical (unpaired) electrons. The molecule has 106 valence electrons. The summed E-state index contributed by atoms with van der Waals surface area (Å²) in [6, 6.07) is 5.02. The van der Waals surface area contributed by atoms with Crippen LogP contribution in [0, 0.1) is 0 Å². The van der Waals surface area contributed by atoms with Crippen LogP contribution in [-0.2, 0) is 9.59 Å². The Morgan fingerprint density at radius 2 is 2.05 bits per heavy atom. The molecule has 0 N–H and O–H groups in total. The molecule has 1 aromatic rings. The van der Waals surface area contributed by atoms with E-state index in [0.717, 1.165) is 23.7 Å². The largest absolute Gasteiger partial charge is 0.329 e. The topological polar surface area (TPSA) is 40.6 Å². The highest BCUT2D eigenvalue weighted by atomic mass is 79.9. The van der Waals surface area contributed by atoms with Crippen molar-refractivity contribution in [2.24, 2.45) is 0 Å². The number of fused-ring (bicyclic) bond motifs is 1. The smallest absolute Gasteiger partial charge is 0.250 e. The van der Waals surface area contributed by atoms with Gasteiger partial charge >= 0.3 is 0 Å². The van der Waals surface area contributed by atoms with E-state index >= 15 is 0 Å². The Balaban J connectivity index is 1.94. The van der Waals surface area contributed by atoms with Crippen molar-refractivity contribution in [3.63, 3.8) is 0 Å². The van der Waals surface area contributed by atoms with Crippen molar-refractivity contribution in [3.05, 3.63) is 27.7 Å². The number of hydrogen-bond donors (Lipinski definition) is 0. The van der Waals surface area contributed by atoms with Crippen LogP contribution in [0.25, 0.3) is 0 Å². The summed E-state index contributed by atoms with van der Waals surface area (Å²) in [5.74, 6) is -0.0122. The number of nitrogens with zero attached hydrogens (tertiary/aromatic N) is 2. The summed E-state index contributed by atoms with van der Waals surface area (Å²) >= 11 is 9.54. The van der Waals surface area contributed by atoms with Crippen LogP contribution < -0.4 is 4.90 Å². The van der Waals surface area contributed by atoms with E-state index in [1.807, 2.05) is 6.07 Å². The first-order valence-electron chi connectivity index (χ1n) is 6.64. The van der Waals surface area contributed by atoms with Gasteiger partial charge in [-0.05, 0) is 37.5 Å². The summed E-state index contributed by atoms with van der Waals surface area (Å²) in [6.07, 6.45) is 2.71. The molecule has 4 nitrogen and oxygen atoms in total. The maximum absolute atomic E-state index is 12.6. The third-order valence-corrected chi connectivity index (χ3v) is 4.66. The van der Waals surface area contributed by atoms with E-state index in [1.165, 1.54) is 4.90 Å². The monoisotopic (exact) mass is 356 g/mol. The molecule has 0 aliphatic carbocycles. The Bertz CT molecular complexity index is 578. The molecule has 0 aromatic heterocycles. The number of halogens is 2. The summed E-state index contributed by atoms with van der Waals surface area (Å²) < 4.78 is 0.848. The Labute approximate surface area is 130 Å². The predicted molar refractivity (Wildman–Crippen MR) is 80.9 cm³/mol. The maximum atomic E-state index is 12.6. The molecule has 20 heavy (non-hydrogen) atoms. The first-order chi connectivity index (χ1) is 9.58. The Kier molecular flexibility index (Phi) is 3.73. The van der Waals surface area contributed by atoms with Crippen LogP contribution in [0.2, 0.25) is 5.02 Å². The second kappa shape index (κ2) is 5.37. The molecule has 0 bridgehead atoms. The van der Waals surface area contributed by atoms with Gasteiger partial charge < -0.3 is 4.90 Å². The van der Waals surface area contributed by atoms with Crippen LogP contribution in [0.15, 0.2) is 22.7 Å². The number of piperidine rings is 1. The highest BCUT2D eigenvalue weighted by Crippen LogP contribution is 2.33. The summed E-state index contributed by atoms with van der Waals surface area (Å²) in [7, 11) is 0. The molecule has 0 saturated carbocycles. The van der Waals surface area contributed by atoms with Crippen LogP contribution >= 0.6 is 27.5 Å². The van der Waals surface area contributed by atoms with Gasteiger partial charge in [-0.3, -0.25) is 14.5 Å². The molecular weight excluding hydrogens is 344 g/mol. The summed E-state index contributed by atoms with van der Waals surface area (Å²) in [6.45, 7) is 0.772. The van der Waals surface area contributed by atoms with E-state index in [4.69, 9.17) is 11.6 Å². The normalized spacial score (nSPS) is 23.0. The molecule has 2 fully saturated rings. The van der Waals surface area contributed by atoms with Crippen molar-refractivity contribution in [1.82, 2.24) is 4.90 Å². The van der Waals surface area contributed by atoms with E-state index in [1.54, 1.807) is 17.0 Å². The van der Waals surface area contributed by atoms with Gasteiger partial charge in [-0.1, -0.05) is 27.5 Å². The number of benzene rings is 1. The standard InChI is InChI=1S/C14H14BrClN2O2/c15-9-4-5-11(10(16)7-9)18-8-13(19)17-6-2-1-3-12(17)14(18)20/h4-5,7,12H,1-3,6,8H2. The highest BCUT2D eigenvalue weighted by molar-refractivity contribution is 9.10. The maximum Gasteiger partial charge on any atom is 0.250 e. The van der Waals surface area contributed by atoms with Crippen molar-refractivity contribution in [2.45, 2.75) is 25.3 Å². The molecule has 2 heterocycles. The van der Waals surface area contributed by atoms with Crippen molar-refractivity contribution in [1.29, 1.82) is 0 Å². The fourth-order valence-corrected chi connectivity index (χ4v) is 3.65. The molecule has 2 amide bonds. The van der Waals surface area contributed by atoms with Gasteiger partial charge in [-0.25, -0.2) is 0 Å². The number of carbonyl (C=O) groups is 2. The van der Waals surface area contributed by atoms with Gasteiger partial charge in [-0.15, -0.1) is 0 Å².